The Morgan fingerprint density at radius 2 is 2.17 bits per heavy atom. The van der Waals surface area contributed by atoms with Crippen LogP contribution in [0.15, 0.2) is 6.07 Å². The van der Waals surface area contributed by atoms with Gasteiger partial charge in [0.05, 0.1) is 0 Å². The molecule has 0 aliphatic heterocycles. The summed E-state index contributed by atoms with van der Waals surface area (Å²) in [5.74, 6) is 8.66. The fourth-order valence-corrected chi connectivity index (χ4v) is 2.12. The topological polar surface area (TPSA) is 67.1 Å². The monoisotopic (exact) mass is 249 g/mol. The standard InChI is InChI=1S/C13H23N5/c1-4-9(3)18(5-2)12-8-11(17-14)15-13(16-12)10-6-7-10/h8-10H,4-7,14H2,1-3H3,(H,15,16,17). The normalized spacial score (nSPS) is 16.4. The number of aromatic nitrogens is 2. The van der Waals surface area contributed by atoms with Crippen molar-refractivity contribution in [2.24, 2.45) is 5.84 Å². The Hall–Kier alpha value is -1.36. The van der Waals surface area contributed by atoms with Crippen LogP contribution in [0.5, 0.6) is 0 Å². The van der Waals surface area contributed by atoms with Gasteiger partial charge in [-0.05, 0) is 33.1 Å². The van der Waals surface area contributed by atoms with Gasteiger partial charge in [-0.2, -0.15) is 0 Å². The number of nitrogen functional groups attached to an aromatic ring is 1. The van der Waals surface area contributed by atoms with Crippen molar-refractivity contribution in [3.05, 3.63) is 11.9 Å². The Balaban J connectivity index is 2.32. The molecule has 1 aliphatic rings. The zero-order chi connectivity index (χ0) is 13.1. The summed E-state index contributed by atoms with van der Waals surface area (Å²) in [6.07, 6.45) is 3.49. The van der Waals surface area contributed by atoms with Crippen LogP contribution in [-0.4, -0.2) is 22.6 Å². The Labute approximate surface area is 109 Å². The number of anilines is 2. The molecule has 0 aromatic carbocycles. The first kappa shape index (κ1) is 13.1. The highest BCUT2D eigenvalue weighted by atomic mass is 15.3. The van der Waals surface area contributed by atoms with Crippen LogP contribution in [0.25, 0.3) is 0 Å². The fraction of sp³-hybridized carbons (Fsp3) is 0.692. The third-order valence-electron chi connectivity index (χ3n) is 3.58. The number of nitrogens with zero attached hydrogens (tertiary/aromatic N) is 3. The minimum atomic E-state index is 0.475. The summed E-state index contributed by atoms with van der Waals surface area (Å²) < 4.78 is 0. The lowest BCUT2D eigenvalue weighted by atomic mass is 10.2. The van der Waals surface area contributed by atoms with Crippen molar-refractivity contribution in [2.75, 3.05) is 16.9 Å². The van der Waals surface area contributed by atoms with Gasteiger partial charge in [-0.1, -0.05) is 6.92 Å². The van der Waals surface area contributed by atoms with Crippen LogP contribution in [0.1, 0.15) is 51.8 Å². The minimum Gasteiger partial charge on any atom is -0.354 e. The molecule has 0 amide bonds. The third-order valence-corrected chi connectivity index (χ3v) is 3.58. The van der Waals surface area contributed by atoms with E-state index in [2.05, 4.69) is 36.1 Å². The van der Waals surface area contributed by atoms with Crippen LogP contribution < -0.4 is 16.2 Å². The SMILES string of the molecule is CCC(C)N(CC)c1cc(NN)nc(C2CC2)n1. The van der Waals surface area contributed by atoms with E-state index in [4.69, 9.17) is 10.8 Å². The molecule has 100 valence electrons. The predicted octanol–water partition coefficient (Wildman–Crippen LogP) is 2.26. The highest BCUT2D eigenvalue weighted by Gasteiger charge is 2.28. The molecule has 1 fully saturated rings. The Morgan fingerprint density at radius 1 is 1.44 bits per heavy atom. The van der Waals surface area contributed by atoms with Crippen LogP contribution in [0, 0.1) is 0 Å². The van der Waals surface area contributed by atoms with Gasteiger partial charge in [0.15, 0.2) is 0 Å². The van der Waals surface area contributed by atoms with Gasteiger partial charge in [-0.3, -0.25) is 0 Å². The molecule has 5 heteroatoms. The predicted molar refractivity (Wildman–Crippen MR) is 74.6 cm³/mol. The van der Waals surface area contributed by atoms with Gasteiger partial charge >= 0.3 is 0 Å². The molecule has 5 nitrogen and oxygen atoms in total. The number of nitrogens with two attached hydrogens (primary N) is 1. The number of rotatable bonds is 6. The second-order valence-corrected chi connectivity index (χ2v) is 4.93. The van der Waals surface area contributed by atoms with Crippen molar-refractivity contribution in [3.8, 4) is 0 Å². The van der Waals surface area contributed by atoms with E-state index in [0.29, 0.717) is 17.8 Å². The van der Waals surface area contributed by atoms with Crippen molar-refractivity contribution >= 4 is 11.6 Å². The average Bonchev–Trinajstić information content (AvgIpc) is 3.23. The second-order valence-electron chi connectivity index (χ2n) is 4.93. The van der Waals surface area contributed by atoms with E-state index in [1.54, 1.807) is 0 Å². The Morgan fingerprint density at radius 3 is 2.67 bits per heavy atom. The summed E-state index contributed by atoms with van der Waals surface area (Å²) in [4.78, 5) is 11.4. The molecular formula is C13H23N5. The zero-order valence-electron chi connectivity index (χ0n) is 11.5. The van der Waals surface area contributed by atoms with Crippen molar-refractivity contribution in [1.29, 1.82) is 0 Å². The maximum atomic E-state index is 5.50. The fourth-order valence-electron chi connectivity index (χ4n) is 2.12. The van der Waals surface area contributed by atoms with Crippen LogP contribution in [0.4, 0.5) is 11.6 Å². The molecule has 1 atom stereocenters. The van der Waals surface area contributed by atoms with E-state index in [0.717, 1.165) is 24.6 Å². The number of nitrogens with one attached hydrogen (secondary N) is 1. The van der Waals surface area contributed by atoms with E-state index >= 15 is 0 Å². The molecule has 1 unspecified atom stereocenters. The molecule has 0 saturated heterocycles. The molecule has 1 aliphatic carbocycles. The first-order valence-corrected chi connectivity index (χ1v) is 6.81. The van der Waals surface area contributed by atoms with Gasteiger partial charge in [0, 0.05) is 24.6 Å². The highest BCUT2D eigenvalue weighted by molar-refractivity contribution is 5.50. The quantitative estimate of drug-likeness (QED) is 0.598. The first-order valence-electron chi connectivity index (χ1n) is 6.81. The van der Waals surface area contributed by atoms with Gasteiger partial charge in [-0.25, -0.2) is 15.8 Å². The van der Waals surface area contributed by atoms with Gasteiger partial charge in [0.25, 0.3) is 0 Å². The number of hydrogen-bond donors (Lipinski definition) is 2. The summed E-state index contributed by atoms with van der Waals surface area (Å²) in [6, 6.07) is 2.41. The molecule has 1 aromatic heterocycles. The molecule has 1 heterocycles. The van der Waals surface area contributed by atoms with Gasteiger partial charge in [0.1, 0.15) is 17.5 Å². The largest absolute Gasteiger partial charge is 0.354 e. The van der Waals surface area contributed by atoms with Gasteiger partial charge in [0.2, 0.25) is 0 Å². The first-order chi connectivity index (χ1) is 8.69. The van der Waals surface area contributed by atoms with E-state index in [1.807, 2.05) is 6.07 Å². The molecule has 2 rings (SSSR count). The average molecular weight is 249 g/mol. The summed E-state index contributed by atoms with van der Waals surface area (Å²) in [5, 5.41) is 0. The third kappa shape index (κ3) is 2.72. The molecule has 1 saturated carbocycles. The highest BCUT2D eigenvalue weighted by Crippen LogP contribution is 2.39. The van der Waals surface area contributed by atoms with Crippen molar-refractivity contribution in [1.82, 2.24) is 9.97 Å². The van der Waals surface area contributed by atoms with E-state index in [9.17, 15) is 0 Å². The summed E-state index contributed by atoms with van der Waals surface area (Å²) in [6.45, 7) is 7.51. The summed E-state index contributed by atoms with van der Waals surface area (Å²) >= 11 is 0. The lowest BCUT2D eigenvalue weighted by Gasteiger charge is -2.28. The van der Waals surface area contributed by atoms with Gasteiger partial charge in [-0.15, -0.1) is 0 Å². The second kappa shape index (κ2) is 5.52. The molecule has 18 heavy (non-hydrogen) atoms. The van der Waals surface area contributed by atoms with Crippen molar-refractivity contribution in [2.45, 2.75) is 52.0 Å². The molecule has 1 aromatic rings. The number of hydrogen-bond acceptors (Lipinski definition) is 5. The van der Waals surface area contributed by atoms with E-state index in [-0.39, 0.29) is 0 Å². The minimum absolute atomic E-state index is 0.475. The molecule has 0 bridgehead atoms. The Kier molecular flexibility index (Phi) is 4.01. The van der Waals surface area contributed by atoms with Crippen LogP contribution in [0.2, 0.25) is 0 Å². The molecule has 3 N–H and O–H groups in total. The van der Waals surface area contributed by atoms with E-state index < -0.39 is 0 Å². The lowest BCUT2D eigenvalue weighted by molar-refractivity contribution is 0.620. The van der Waals surface area contributed by atoms with Crippen LogP contribution in [-0.2, 0) is 0 Å². The number of hydrazine groups is 1. The summed E-state index contributed by atoms with van der Waals surface area (Å²) in [7, 11) is 0. The lowest BCUT2D eigenvalue weighted by Crippen LogP contribution is -2.33. The smallest absolute Gasteiger partial charge is 0.145 e. The maximum absolute atomic E-state index is 5.50. The van der Waals surface area contributed by atoms with Crippen molar-refractivity contribution < 1.29 is 0 Å². The van der Waals surface area contributed by atoms with Crippen LogP contribution >= 0.6 is 0 Å². The summed E-state index contributed by atoms with van der Waals surface area (Å²) in [5.41, 5.74) is 2.65. The molecule has 0 spiro atoms. The van der Waals surface area contributed by atoms with E-state index in [1.165, 1.54) is 12.8 Å². The zero-order valence-corrected chi connectivity index (χ0v) is 11.5. The van der Waals surface area contributed by atoms with Gasteiger partial charge < -0.3 is 10.3 Å². The van der Waals surface area contributed by atoms with Crippen LogP contribution in [0.3, 0.4) is 0 Å². The molecular weight excluding hydrogens is 226 g/mol. The van der Waals surface area contributed by atoms with Crippen molar-refractivity contribution in [3.63, 3.8) is 0 Å². The molecule has 0 radical (unpaired) electrons. The maximum Gasteiger partial charge on any atom is 0.145 e. The Bertz CT molecular complexity index is 402.